The molecule has 2 rings (SSSR count). The van der Waals surface area contributed by atoms with E-state index in [-0.39, 0.29) is 11.9 Å². The Morgan fingerprint density at radius 2 is 2.33 bits per heavy atom. The molecule has 0 aromatic rings. The van der Waals surface area contributed by atoms with Crippen molar-refractivity contribution < 1.29 is 4.79 Å². The number of carbonyl (C=O) groups excluding carboxylic acids is 1. The summed E-state index contributed by atoms with van der Waals surface area (Å²) in [4.78, 5) is 14.0. The van der Waals surface area contributed by atoms with E-state index in [1.165, 1.54) is 19.4 Å². The molecular weight excluding hydrogens is 190 g/mol. The number of nitrogens with zero attached hydrogens (tertiary/aromatic N) is 2. The summed E-state index contributed by atoms with van der Waals surface area (Å²) >= 11 is 0. The van der Waals surface area contributed by atoms with Crippen LogP contribution in [0, 0.1) is 17.2 Å². The topological polar surface area (TPSA) is 56.1 Å². The Hall–Kier alpha value is -1.08. The van der Waals surface area contributed by atoms with Crippen molar-refractivity contribution in [3.8, 4) is 6.07 Å². The summed E-state index contributed by atoms with van der Waals surface area (Å²) in [6, 6.07) is 2.77. The molecule has 0 spiro atoms. The van der Waals surface area contributed by atoms with Crippen LogP contribution in [0.1, 0.15) is 26.2 Å². The summed E-state index contributed by atoms with van der Waals surface area (Å²) in [5, 5.41) is 11.6. The molecule has 1 amide bonds. The van der Waals surface area contributed by atoms with Crippen molar-refractivity contribution in [3.63, 3.8) is 0 Å². The van der Waals surface area contributed by atoms with Gasteiger partial charge in [0.2, 0.25) is 5.91 Å². The maximum atomic E-state index is 11.6. The fourth-order valence-corrected chi connectivity index (χ4v) is 2.62. The summed E-state index contributed by atoms with van der Waals surface area (Å²) < 4.78 is 0. The third-order valence-electron chi connectivity index (χ3n) is 3.52. The summed E-state index contributed by atoms with van der Waals surface area (Å²) in [6.45, 7) is 3.91. The van der Waals surface area contributed by atoms with Crippen LogP contribution in [-0.4, -0.2) is 36.0 Å². The molecule has 4 nitrogen and oxygen atoms in total. The summed E-state index contributed by atoms with van der Waals surface area (Å²) in [5.74, 6) is -0.642. The van der Waals surface area contributed by atoms with E-state index < -0.39 is 5.92 Å². The van der Waals surface area contributed by atoms with Gasteiger partial charge in [-0.2, -0.15) is 5.26 Å². The van der Waals surface area contributed by atoms with Crippen LogP contribution in [0.25, 0.3) is 0 Å². The minimum absolute atomic E-state index is 0.115. The number of fused-ring (bicyclic) bond motifs is 1. The second-order valence-corrected chi connectivity index (χ2v) is 4.50. The summed E-state index contributed by atoms with van der Waals surface area (Å²) in [7, 11) is 0. The van der Waals surface area contributed by atoms with E-state index in [0.717, 1.165) is 13.0 Å². The van der Waals surface area contributed by atoms with Gasteiger partial charge in [-0.1, -0.05) is 0 Å². The molecule has 82 valence electrons. The predicted octanol–water partition coefficient (Wildman–Crippen LogP) is 0.499. The van der Waals surface area contributed by atoms with E-state index in [9.17, 15) is 4.79 Å². The maximum Gasteiger partial charge on any atom is 0.237 e. The fourth-order valence-electron chi connectivity index (χ4n) is 2.62. The zero-order valence-corrected chi connectivity index (χ0v) is 9.07. The highest BCUT2D eigenvalue weighted by atomic mass is 16.1. The molecule has 2 aliphatic rings. The van der Waals surface area contributed by atoms with Gasteiger partial charge < -0.3 is 5.32 Å². The van der Waals surface area contributed by atoms with Crippen molar-refractivity contribution in [2.45, 2.75) is 38.3 Å². The molecule has 0 bridgehead atoms. The third kappa shape index (κ3) is 1.98. The van der Waals surface area contributed by atoms with E-state index in [2.05, 4.69) is 10.2 Å². The Morgan fingerprint density at radius 3 is 3.07 bits per heavy atom. The molecule has 3 atom stereocenters. The Labute approximate surface area is 90.2 Å². The van der Waals surface area contributed by atoms with Crippen LogP contribution in [0.2, 0.25) is 0 Å². The molecule has 0 saturated carbocycles. The molecule has 2 heterocycles. The number of carbonyl (C=O) groups is 1. The van der Waals surface area contributed by atoms with Gasteiger partial charge in [-0.25, -0.2) is 0 Å². The smallest absolute Gasteiger partial charge is 0.237 e. The first-order valence-electron chi connectivity index (χ1n) is 5.66. The second-order valence-electron chi connectivity index (χ2n) is 4.50. The SMILES string of the molecule is CC(C#N)C(=O)NC1CCN2CCCC12. The number of nitriles is 1. The standard InChI is InChI=1S/C11H17N3O/c1-8(7-12)11(15)13-9-4-6-14-5-2-3-10(9)14/h8-10H,2-6H2,1H3,(H,13,15). The first-order chi connectivity index (χ1) is 7.22. The molecule has 0 aromatic carbocycles. The van der Waals surface area contributed by atoms with Gasteiger partial charge in [-0.05, 0) is 32.7 Å². The van der Waals surface area contributed by atoms with Crippen molar-refractivity contribution in [3.05, 3.63) is 0 Å². The highest BCUT2D eigenvalue weighted by Gasteiger charge is 2.38. The molecule has 3 unspecified atom stereocenters. The number of amides is 1. The van der Waals surface area contributed by atoms with Crippen LogP contribution in [0.15, 0.2) is 0 Å². The van der Waals surface area contributed by atoms with E-state index in [1.54, 1.807) is 6.92 Å². The Balaban J connectivity index is 1.90. The van der Waals surface area contributed by atoms with E-state index in [4.69, 9.17) is 5.26 Å². The molecule has 2 fully saturated rings. The number of hydrogen-bond acceptors (Lipinski definition) is 3. The van der Waals surface area contributed by atoms with E-state index in [0.29, 0.717) is 6.04 Å². The van der Waals surface area contributed by atoms with Crippen LogP contribution in [0.3, 0.4) is 0 Å². The van der Waals surface area contributed by atoms with Crippen molar-refractivity contribution in [2.24, 2.45) is 5.92 Å². The lowest BCUT2D eigenvalue weighted by molar-refractivity contribution is -0.123. The van der Waals surface area contributed by atoms with Crippen LogP contribution in [0.5, 0.6) is 0 Å². The lowest BCUT2D eigenvalue weighted by Gasteiger charge is -2.21. The fraction of sp³-hybridized carbons (Fsp3) is 0.818. The molecule has 2 saturated heterocycles. The van der Waals surface area contributed by atoms with Gasteiger partial charge in [0.1, 0.15) is 5.92 Å². The number of hydrogen-bond donors (Lipinski definition) is 1. The van der Waals surface area contributed by atoms with Crippen molar-refractivity contribution >= 4 is 5.91 Å². The molecule has 0 aliphatic carbocycles. The largest absolute Gasteiger partial charge is 0.351 e. The summed E-state index contributed by atoms with van der Waals surface area (Å²) in [6.07, 6.45) is 3.46. The highest BCUT2D eigenvalue weighted by molar-refractivity contribution is 5.81. The van der Waals surface area contributed by atoms with Gasteiger partial charge in [0, 0.05) is 18.6 Å². The number of nitrogens with one attached hydrogen (secondary N) is 1. The lowest BCUT2D eigenvalue weighted by atomic mass is 10.1. The molecule has 4 heteroatoms. The minimum atomic E-state index is -0.527. The first-order valence-corrected chi connectivity index (χ1v) is 5.66. The zero-order valence-electron chi connectivity index (χ0n) is 9.07. The van der Waals surface area contributed by atoms with Crippen molar-refractivity contribution in [1.29, 1.82) is 5.26 Å². The van der Waals surface area contributed by atoms with Gasteiger partial charge >= 0.3 is 0 Å². The second kappa shape index (κ2) is 4.19. The Kier molecular flexibility index (Phi) is 2.92. The van der Waals surface area contributed by atoms with Gasteiger partial charge in [-0.15, -0.1) is 0 Å². The third-order valence-corrected chi connectivity index (χ3v) is 3.52. The lowest BCUT2D eigenvalue weighted by Crippen LogP contribution is -2.44. The van der Waals surface area contributed by atoms with Gasteiger partial charge in [0.05, 0.1) is 6.07 Å². The maximum absolute atomic E-state index is 11.6. The van der Waals surface area contributed by atoms with Crippen molar-refractivity contribution in [1.82, 2.24) is 10.2 Å². The quantitative estimate of drug-likeness (QED) is 0.717. The average Bonchev–Trinajstić information content (AvgIpc) is 2.81. The predicted molar refractivity (Wildman–Crippen MR) is 55.9 cm³/mol. The normalized spacial score (nSPS) is 32.0. The van der Waals surface area contributed by atoms with Crippen LogP contribution in [0.4, 0.5) is 0 Å². The van der Waals surface area contributed by atoms with Crippen LogP contribution >= 0.6 is 0 Å². The summed E-state index contributed by atoms with van der Waals surface area (Å²) in [5.41, 5.74) is 0. The Bertz CT molecular complexity index is 297. The van der Waals surface area contributed by atoms with Gasteiger partial charge in [0.25, 0.3) is 0 Å². The van der Waals surface area contributed by atoms with E-state index >= 15 is 0 Å². The van der Waals surface area contributed by atoms with Gasteiger partial charge in [-0.3, -0.25) is 9.69 Å². The first kappa shape index (κ1) is 10.4. The monoisotopic (exact) mass is 207 g/mol. The molecule has 1 N–H and O–H groups in total. The van der Waals surface area contributed by atoms with Gasteiger partial charge in [0.15, 0.2) is 0 Å². The highest BCUT2D eigenvalue weighted by Crippen LogP contribution is 2.27. The minimum Gasteiger partial charge on any atom is -0.351 e. The zero-order chi connectivity index (χ0) is 10.8. The van der Waals surface area contributed by atoms with Crippen LogP contribution in [-0.2, 0) is 4.79 Å². The Morgan fingerprint density at radius 1 is 1.53 bits per heavy atom. The molecular formula is C11H17N3O. The van der Waals surface area contributed by atoms with E-state index in [1.807, 2.05) is 6.07 Å². The van der Waals surface area contributed by atoms with Crippen LogP contribution < -0.4 is 5.32 Å². The number of rotatable bonds is 2. The molecule has 0 aromatic heterocycles. The molecule has 15 heavy (non-hydrogen) atoms. The van der Waals surface area contributed by atoms with Crippen molar-refractivity contribution in [2.75, 3.05) is 13.1 Å². The molecule has 0 radical (unpaired) electrons. The molecule has 2 aliphatic heterocycles. The average molecular weight is 207 g/mol.